The highest BCUT2D eigenvalue weighted by molar-refractivity contribution is 9.10. The number of carbonyl (C=O) groups excluding carboxylic acids is 1. The Morgan fingerprint density at radius 2 is 2.11 bits per heavy atom. The van der Waals surface area contributed by atoms with Crippen molar-refractivity contribution in [2.45, 2.75) is 24.3 Å². The molecule has 1 aromatic carbocycles. The molecule has 0 spiro atoms. The van der Waals surface area contributed by atoms with E-state index in [-0.39, 0.29) is 6.61 Å². The third kappa shape index (κ3) is 3.96. The molecule has 0 aromatic heterocycles. The second-order valence-electron chi connectivity index (χ2n) is 4.01. The Kier molecular flexibility index (Phi) is 5.56. The van der Waals surface area contributed by atoms with Crippen molar-refractivity contribution in [2.75, 3.05) is 6.61 Å². The molecule has 0 amide bonds. The third-order valence-corrected chi connectivity index (χ3v) is 3.29. The lowest BCUT2D eigenvalue weighted by Gasteiger charge is -2.23. The van der Waals surface area contributed by atoms with Crippen LogP contribution in [0.15, 0.2) is 36.4 Å². The van der Waals surface area contributed by atoms with Crippen molar-refractivity contribution in [3.8, 4) is 0 Å². The number of ether oxygens (including phenoxy) is 1. The summed E-state index contributed by atoms with van der Waals surface area (Å²) in [6.07, 6.45) is 2.38. The first-order chi connectivity index (χ1) is 8.48. The predicted octanol–water partition coefficient (Wildman–Crippen LogP) is 2.78. The Balaban J connectivity index is 2.72. The fourth-order valence-corrected chi connectivity index (χ4v) is 1.61. The summed E-state index contributed by atoms with van der Waals surface area (Å²) in [6, 6.07) is 9.56. The van der Waals surface area contributed by atoms with Crippen molar-refractivity contribution in [1.29, 1.82) is 0 Å². The number of halogens is 1. The van der Waals surface area contributed by atoms with Gasteiger partial charge in [-0.1, -0.05) is 58.4 Å². The van der Waals surface area contributed by atoms with Crippen molar-refractivity contribution in [2.24, 2.45) is 0 Å². The topological polar surface area (TPSA) is 46.5 Å². The van der Waals surface area contributed by atoms with Crippen molar-refractivity contribution in [3.05, 3.63) is 42.0 Å². The second kappa shape index (κ2) is 6.71. The van der Waals surface area contributed by atoms with E-state index in [1.54, 1.807) is 26.0 Å². The van der Waals surface area contributed by atoms with Gasteiger partial charge in [-0.25, -0.2) is 0 Å². The van der Waals surface area contributed by atoms with Crippen LogP contribution in [0.4, 0.5) is 0 Å². The Morgan fingerprint density at radius 1 is 1.50 bits per heavy atom. The zero-order valence-corrected chi connectivity index (χ0v) is 12.1. The molecule has 0 bridgehead atoms. The van der Waals surface area contributed by atoms with Gasteiger partial charge in [-0.05, 0) is 19.4 Å². The van der Waals surface area contributed by atoms with Gasteiger partial charge in [0, 0.05) is 0 Å². The summed E-state index contributed by atoms with van der Waals surface area (Å²) in [5.74, 6) is -0.477. The van der Waals surface area contributed by atoms with Gasteiger partial charge in [0.15, 0.2) is 0 Å². The van der Waals surface area contributed by atoms with Crippen LogP contribution < -0.4 is 0 Å². The lowest BCUT2D eigenvalue weighted by atomic mass is 10.0. The Morgan fingerprint density at radius 3 is 2.67 bits per heavy atom. The van der Waals surface area contributed by atoms with Gasteiger partial charge in [0.1, 0.15) is 4.32 Å². The van der Waals surface area contributed by atoms with Gasteiger partial charge in [-0.15, -0.1) is 0 Å². The lowest BCUT2D eigenvalue weighted by Crippen LogP contribution is -2.41. The molecule has 18 heavy (non-hydrogen) atoms. The first-order valence-corrected chi connectivity index (χ1v) is 6.55. The maximum Gasteiger partial charge on any atom is 0.325 e. The number of esters is 1. The van der Waals surface area contributed by atoms with Gasteiger partial charge in [-0.2, -0.15) is 0 Å². The normalized spacial score (nSPS) is 16.2. The third-order valence-electron chi connectivity index (χ3n) is 2.50. The molecule has 0 aliphatic carbocycles. The van der Waals surface area contributed by atoms with Gasteiger partial charge in [0.2, 0.25) is 0 Å². The zero-order valence-electron chi connectivity index (χ0n) is 10.5. The smallest absolute Gasteiger partial charge is 0.325 e. The molecule has 0 saturated carbocycles. The molecule has 0 radical (unpaired) electrons. The quantitative estimate of drug-likeness (QED) is 0.672. The summed E-state index contributed by atoms with van der Waals surface area (Å²) >= 11 is 3.21. The Labute approximate surface area is 116 Å². The molecule has 0 fully saturated rings. The van der Waals surface area contributed by atoms with E-state index in [0.29, 0.717) is 0 Å². The number of aliphatic hydroxyl groups excluding tert-OH is 1. The predicted molar refractivity (Wildman–Crippen MR) is 75.4 cm³/mol. The molecule has 4 heteroatoms. The maximum atomic E-state index is 11.7. The standard InChI is InChI=1S/C14H17BrO3/c1-3-18-13(17)14(2,15)12(16)10-9-11-7-5-4-6-8-11/h4-10,12,16H,3H2,1-2H3/b10-9+/t12-,14+/m0/s1. The van der Waals surface area contributed by atoms with Gasteiger partial charge in [0.05, 0.1) is 12.7 Å². The van der Waals surface area contributed by atoms with Crippen LogP contribution in [0.1, 0.15) is 19.4 Å². The minimum Gasteiger partial charge on any atom is -0.465 e. The average molecular weight is 313 g/mol. The van der Waals surface area contributed by atoms with E-state index in [4.69, 9.17) is 4.74 Å². The highest BCUT2D eigenvalue weighted by Gasteiger charge is 2.38. The fraction of sp³-hybridized carbons (Fsp3) is 0.357. The minimum absolute atomic E-state index is 0.287. The number of aliphatic hydroxyl groups is 1. The van der Waals surface area contributed by atoms with Crippen LogP contribution in [0.25, 0.3) is 6.08 Å². The van der Waals surface area contributed by atoms with Gasteiger partial charge >= 0.3 is 5.97 Å². The summed E-state index contributed by atoms with van der Waals surface area (Å²) in [5, 5.41) is 10.0. The molecule has 0 unspecified atom stereocenters. The van der Waals surface area contributed by atoms with Crippen LogP contribution in [-0.2, 0) is 9.53 Å². The number of alkyl halides is 1. The largest absolute Gasteiger partial charge is 0.465 e. The van der Waals surface area contributed by atoms with Crippen molar-refractivity contribution >= 4 is 28.0 Å². The summed E-state index contributed by atoms with van der Waals surface area (Å²) < 4.78 is 3.77. The number of rotatable bonds is 5. The van der Waals surface area contributed by atoms with Crippen molar-refractivity contribution in [1.82, 2.24) is 0 Å². The van der Waals surface area contributed by atoms with E-state index in [0.717, 1.165) is 5.56 Å². The first-order valence-electron chi connectivity index (χ1n) is 5.76. The summed E-state index contributed by atoms with van der Waals surface area (Å²) in [5.41, 5.74) is 0.962. The fourth-order valence-electron chi connectivity index (χ4n) is 1.34. The lowest BCUT2D eigenvalue weighted by molar-refractivity contribution is -0.147. The van der Waals surface area contributed by atoms with E-state index in [9.17, 15) is 9.90 Å². The zero-order chi connectivity index (χ0) is 13.6. The number of benzene rings is 1. The van der Waals surface area contributed by atoms with Crippen molar-refractivity contribution in [3.63, 3.8) is 0 Å². The molecule has 0 heterocycles. The Hall–Kier alpha value is -1.13. The van der Waals surface area contributed by atoms with Gasteiger partial charge < -0.3 is 9.84 Å². The first kappa shape index (κ1) is 14.9. The maximum absolute atomic E-state index is 11.7. The van der Waals surface area contributed by atoms with E-state index in [1.807, 2.05) is 30.3 Å². The number of carbonyl (C=O) groups is 1. The monoisotopic (exact) mass is 312 g/mol. The van der Waals surface area contributed by atoms with Crippen LogP contribution in [0, 0.1) is 0 Å². The SMILES string of the molecule is CCOC(=O)[C@](C)(Br)[C@@H](O)/C=C/c1ccccc1. The second-order valence-corrected chi connectivity index (χ2v) is 5.66. The van der Waals surface area contributed by atoms with E-state index in [1.165, 1.54) is 0 Å². The molecule has 3 nitrogen and oxygen atoms in total. The molecule has 98 valence electrons. The van der Waals surface area contributed by atoms with Crippen LogP contribution in [0.5, 0.6) is 0 Å². The number of hydrogen-bond donors (Lipinski definition) is 1. The van der Waals surface area contributed by atoms with Crippen LogP contribution in [0.2, 0.25) is 0 Å². The number of hydrogen-bond acceptors (Lipinski definition) is 3. The average Bonchev–Trinajstić information content (AvgIpc) is 2.37. The van der Waals surface area contributed by atoms with Gasteiger partial charge in [-0.3, -0.25) is 4.79 Å². The van der Waals surface area contributed by atoms with E-state index in [2.05, 4.69) is 15.9 Å². The van der Waals surface area contributed by atoms with E-state index >= 15 is 0 Å². The molecule has 0 aliphatic rings. The summed E-state index contributed by atoms with van der Waals surface area (Å²) in [7, 11) is 0. The molecular weight excluding hydrogens is 296 g/mol. The summed E-state index contributed by atoms with van der Waals surface area (Å²) in [4.78, 5) is 11.7. The molecule has 0 saturated heterocycles. The van der Waals surface area contributed by atoms with Crippen LogP contribution >= 0.6 is 15.9 Å². The molecule has 0 aliphatic heterocycles. The molecule has 2 atom stereocenters. The molecule has 1 rings (SSSR count). The van der Waals surface area contributed by atoms with E-state index < -0.39 is 16.4 Å². The summed E-state index contributed by atoms with van der Waals surface area (Å²) in [6.45, 7) is 3.60. The highest BCUT2D eigenvalue weighted by atomic mass is 79.9. The van der Waals surface area contributed by atoms with Crippen molar-refractivity contribution < 1.29 is 14.6 Å². The van der Waals surface area contributed by atoms with Gasteiger partial charge in [0.25, 0.3) is 0 Å². The molecular formula is C14H17BrO3. The van der Waals surface area contributed by atoms with Crippen LogP contribution in [0.3, 0.4) is 0 Å². The Bertz CT molecular complexity index is 412. The molecule has 1 N–H and O–H groups in total. The highest BCUT2D eigenvalue weighted by Crippen LogP contribution is 2.25. The van der Waals surface area contributed by atoms with Crippen LogP contribution in [-0.4, -0.2) is 28.1 Å². The minimum atomic E-state index is -1.13. The molecule has 1 aromatic rings.